The maximum atomic E-state index is 12.1. The van der Waals surface area contributed by atoms with E-state index in [-0.39, 0.29) is 25.7 Å². The average Bonchev–Trinajstić information content (AvgIpc) is 2.25. The summed E-state index contributed by atoms with van der Waals surface area (Å²) in [6.45, 7) is 0.0709. The van der Waals surface area contributed by atoms with Gasteiger partial charge in [0.2, 0.25) is 5.91 Å². The van der Waals surface area contributed by atoms with E-state index in [0.717, 1.165) is 4.90 Å². The van der Waals surface area contributed by atoms with Crippen LogP contribution in [-0.4, -0.2) is 48.6 Å². The number of primary amides is 1. The minimum Gasteiger partial charge on any atom is -0.369 e. The molecule has 3 N–H and O–H groups in total. The number of hydrogen-bond acceptors (Lipinski definition) is 3. The second-order valence-corrected chi connectivity index (χ2v) is 3.91. The maximum Gasteiger partial charge on any atom is 0.471 e. The molecule has 1 aliphatic rings. The number of alkyl halides is 3. The average molecular weight is 253 g/mol. The summed E-state index contributed by atoms with van der Waals surface area (Å²) in [4.78, 5) is 22.2. The third kappa shape index (κ3) is 4.22. The van der Waals surface area contributed by atoms with Crippen molar-refractivity contribution < 1.29 is 22.8 Å². The minimum absolute atomic E-state index is 0.00210. The number of nitrogens with two attached hydrogens (primary N) is 1. The molecule has 98 valence electrons. The Kier molecular flexibility index (Phi) is 4.33. The highest BCUT2D eigenvalue weighted by Crippen LogP contribution is 2.21. The summed E-state index contributed by atoms with van der Waals surface area (Å²) in [5.74, 6) is -2.32. The van der Waals surface area contributed by atoms with Crippen LogP contribution < -0.4 is 11.1 Å². The molecule has 17 heavy (non-hydrogen) atoms. The first-order valence-corrected chi connectivity index (χ1v) is 5.18. The van der Waals surface area contributed by atoms with E-state index in [9.17, 15) is 22.8 Å². The lowest BCUT2D eigenvalue weighted by Gasteiger charge is -2.32. The monoisotopic (exact) mass is 253 g/mol. The smallest absolute Gasteiger partial charge is 0.369 e. The van der Waals surface area contributed by atoms with Gasteiger partial charge in [-0.2, -0.15) is 13.2 Å². The third-order valence-corrected chi connectivity index (χ3v) is 2.59. The molecule has 8 heteroatoms. The summed E-state index contributed by atoms with van der Waals surface area (Å²) >= 11 is 0. The number of halogens is 3. The zero-order valence-electron chi connectivity index (χ0n) is 9.09. The van der Waals surface area contributed by atoms with Gasteiger partial charge in [0.1, 0.15) is 0 Å². The van der Waals surface area contributed by atoms with E-state index in [4.69, 9.17) is 5.73 Å². The van der Waals surface area contributed by atoms with Crippen LogP contribution in [-0.2, 0) is 9.59 Å². The number of amides is 2. The molecule has 0 saturated carbocycles. The molecule has 5 nitrogen and oxygen atoms in total. The molecule has 1 saturated heterocycles. The summed E-state index contributed by atoms with van der Waals surface area (Å²) in [5.41, 5.74) is 4.93. The predicted molar refractivity (Wildman–Crippen MR) is 52.9 cm³/mol. The Labute approximate surface area is 96.1 Å². The van der Waals surface area contributed by atoms with Gasteiger partial charge in [-0.1, -0.05) is 0 Å². The fourth-order valence-corrected chi connectivity index (χ4v) is 1.71. The molecule has 0 aliphatic carbocycles. The largest absolute Gasteiger partial charge is 0.471 e. The van der Waals surface area contributed by atoms with Gasteiger partial charge < -0.3 is 16.0 Å². The molecule has 0 spiro atoms. The molecule has 1 rings (SSSR count). The summed E-state index contributed by atoms with van der Waals surface area (Å²) in [6, 6.07) is -0.0696. The Hall–Kier alpha value is -1.31. The van der Waals surface area contributed by atoms with Crippen LogP contribution in [0.1, 0.15) is 12.8 Å². The lowest BCUT2D eigenvalue weighted by atomic mass is 10.0. The lowest BCUT2D eigenvalue weighted by Crippen LogP contribution is -2.50. The number of piperidine rings is 1. The van der Waals surface area contributed by atoms with Crippen molar-refractivity contribution in [1.29, 1.82) is 0 Å². The molecule has 0 aromatic carbocycles. The second-order valence-electron chi connectivity index (χ2n) is 3.91. The SMILES string of the molecule is NC(=O)CNC1CCN(C(=O)C(F)(F)F)CC1. The fourth-order valence-electron chi connectivity index (χ4n) is 1.71. The van der Waals surface area contributed by atoms with Crippen molar-refractivity contribution >= 4 is 11.8 Å². The van der Waals surface area contributed by atoms with E-state index in [0.29, 0.717) is 12.8 Å². The van der Waals surface area contributed by atoms with Crippen LogP contribution in [0.3, 0.4) is 0 Å². The van der Waals surface area contributed by atoms with E-state index in [1.54, 1.807) is 0 Å². The highest BCUT2D eigenvalue weighted by molar-refractivity contribution is 5.81. The number of hydrogen-bond donors (Lipinski definition) is 2. The molecule has 2 amide bonds. The zero-order valence-corrected chi connectivity index (χ0v) is 9.09. The normalized spacial score (nSPS) is 18.2. The van der Waals surface area contributed by atoms with Crippen molar-refractivity contribution in [2.75, 3.05) is 19.6 Å². The van der Waals surface area contributed by atoms with Gasteiger partial charge in [0.25, 0.3) is 0 Å². The van der Waals surface area contributed by atoms with E-state index in [1.165, 1.54) is 0 Å². The summed E-state index contributed by atoms with van der Waals surface area (Å²) < 4.78 is 36.4. The van der Waals surface area contributed by atoms with Gasteiger partial charge >= 0.3 is 12.1 Å². The maximum absolute atomic E-state index is 12.1. The number of likely N-dealkylation sites (tertiary alicyclic amines) is 1. The van der Waals surface area contributed by atoms with Crippen molar-refractivity contribution in [2.24, 2.45) is 5.73 Å². The number of carbonyl (C=O) groups excluding carboxylic acids is 2. The molecule has 0 aromatic rings. The van der Waals surface area contributed by atoms with E-state index < -0.39 is 18.0 Å². The van der Waals surface area contributed by atoms with Gasteiger partial charge in [-0.15, -0.1) is 0 Å². The van der Waals surface area contributed by atoms with Crippen LogP contribution in [0.2, 0.25) is 0 Å². The van der Waals surface area contributed by atoms with Crippen molar-refractivity contribution in [3.63, 3.8) is 0 Å². The van der Waals surface area contributed by atoms with Gasteiger partial charge in [-0.3, -0.25) is 9.59 Å². The highest BCUT2D eigenvalue weighted by atomic mass is 19.4. The fraction of sp³-hybridized carbons (Fsp3) is 0.778. The van der Waals surface area contributed by atoms with E-state index in [2.05, 4.69) is 5.32 Å². The standard InChI is InChI=1S/C9H14F3N3O2/c10-9(11,12)8(17)15-3-1-6(2-4-15)14-5-7(13)16/h6,14H,1-5H2,(H2,13,16). The van der Waals surface area contributed by atoms with Crippen molar-refractivity contribution in [1.82, 2.24) is 10.2 Å². The number of rotatable bonds is 3. The van der Waals surface area contributed by atoms with E-state index in [1.807, 2.05) is 0 Å². The van der Waals surface area contributed by atoms with Gasteiger partial charge in [-0.05, 0) is 12.8 Å². The van der Waals surface area contributed by atoms with Crippen molar-refractivity contribution in [3.05, 3.63) is 0 Å². The molecule has 1 fully saturated rings. The number of nitrogens with zero attached hydrogens (tertiary/aromatic N) is 1. The van der Waals surface area contributed by atoms with Crippen molar-refractivity contribution in [2.45, 2.75) is 25.1 Å². The van der Waals surface area contributed by atoms with Crippen LogP contribution in [0.4, 0.5) is 13.2 Å². The van der Waals surface area contributed by atoms with Gasteiger partial charge in [0.05, 0.1) is 6.54 Å². The number of carbonyl (C=O) groups is 2. The Balaban J connectivity index is 2.36. The van der Waals surface area contributed by atoms with Crippen LogP contribution >= 0.6 is 0 Å². The molecule has 0 bridgehead atoms. The predicted octanol–water partition coefficient (Wildman–Crippen LogP) is -0.385. The minimum atomic E-state index is -4.81. The molecule has 0 unspecified atom stereocenters. The molecule has 0 atom stereocenters. The Morgan fingerprint density at radius 1 is 1.29 bits per heavy atom. The zero-order chi connectivity index (χ0) is 13.1. The number of nitrogens with one attached hydrogen (secondary N) is 1. The van der Waals surface area contributed by atoms with Crippen LogP contribution in [0.25, 0.3) is 0 Å². The quantitative estimate of drug-likeness (QED) is 0.719. The molecule has 0 radical (unpaired) electrons. The van der Waals surface area contributed by atoms with Gasteiger partial charge in [0.15, 0.2) is 0 Å². The molecule has 1 aliphatic heterocycles. The molecular formula is C9H14F3N3O2. The van der Waals surface area contributed by atoms with Gasteiger partial charge in [0, 0.05) is 19.1 Å². The van der Waals surface area contributed by atoms with E-state index >= 15 is 0 Å². The summed E-state index contributed by atoms with van der Waals surface area (Å²) in [6.07, 6.45) is -4.04. The summed E-state index contributed by atoms with van der Waals surface area (Å²) in [7, 11) is 0. The Morgan fingerprint density at radius 2 is 1.82 bits per heavy atom. The first-order valence-electron chi connectivity index (χ1n) is 5.18. The molecule has 0 aromatic heterocycles. The first kappa shape index (κ1) is 13.8. The topological polar surface area (TPSA) is 75.4 Å². The van der Waals surface area contributed by atoms with Crippen LogP contribution in [0.5, 0.6) is 0 Å². The van der Waals surface area contributed by atoms with Crippen LogP contribution in [0.15, 0.2) is 0 Å². The molecule has 1 heterocycles. The van der Waals surface area contributed by atoms with Crippen molar-refractivity contribution in [3.8, 4) is 0 Å². The second kappa shape index (κ2) is 5.35. The summed E-state index contributed by atoms with van der Waals surface area (Å²) in [5, 5.41) is 2.83. The Morgan fingerprint density at radius 3 is 2.24 bits per heavy atom. The third-order valence-electron chi connectivity index (χ3n) is 2.59. The molecular weight excluding hydrogens is 239 g/mol. The first-order chi connectivity index (χ1) is 7.80. The lowest BCUT2D eigenvalue weighted by molar-refractivity contribution is -0.186. The van der Waals surface area contributed by atoms with Gasteiger partial charge in [-0.25, -0.2) is 0 Å². The van der Waals surface area contributed by atoms with Crippen LogP contribution in [0, 0.1) is 0 Å². The highest BCUT2D eigenvalue weighted by Gasteiger charge is 2.43. The Bertz CT molecular complexity index is 298.